The van der Waals surface area contributed by atoms with Crippen molar-refractivity contribution in [2.75, 3.05) is 13.1 Å². The molecule has 1 fully saturated rings. The molecule has 0 spiro atoms. The van der Waals surface area contributed by atoms with Gasteiger partial charge in [-0.25, -0.2) is 4.99 Å². The van der Waals surface area contributed by atoms with Gasteiger partial charge in [-0.2, -0.15) is 5.10 Å². The number of halogens is 1. The molecule has 3 N–H and O–H groups in total. The largest absolute Gasteiger partial charge is 0.370 e. The third kappa shape index (κ3) is 4.18. The van der Waals surface area contributed by atoms with E-state index in [4.69, 9.17) is 5.73 Å². The van der Waals surface area contributed by atoms with Gasteiger partial charge in [0.25, 0.3) is 0 Å². The average Bonchev–Trinajstić information content (AvgIpc) is 2.80. The fourth-order valence-corrected chi connectivity index (χ4v) is 1.88. The van der Waals surface area contributed by atoms with Gasteiger partial charge in [-0.1, -0.05) is 6.92 Å². The van der Waals surface area contributed by atoms with Crippen LogP contribution in [0.2, 0.25) is 0 Å². The second-order valence-corrected chi connectivity index (χ2v) is 4.43. The van der Waals surface area contributed by atoms with E-state index >= 15 is 0 Å². The average molecular weight is 349 g/mol. The van der Waals surface area contributed by atoms with Gasteiger partial charge in [-0.15, -0.1) is 24.0 Å². The molecule has 1 saturated heterocycles. The number of hydrogen-bond acceptors (Lipinski definition) is 2. The molecule has 0 aliphatic carbocycles. The van der Waals surface area contributed by atoms with Crippen LogP contribution < -0.4 is 5.73 Å². The summed E-state index contributed by atoms with van der Waals surface area (Å²) in [5.41, 5.74) is 6.95. The summed E-state index contributed by atoms with van der Waals surface area (Å²) >= 11 is 0. The maximum absolute atomic E-state index is 5.95. The summed E-state index contributed by atoms with van der Waals surface area (Å²) in [7, 11) is 0. The van der Waals surface area contributed by atoms with Gasteiger partial charge >= 0.3 is 0 Å². The van der Waals surface area contributed by atoms with Crippen LogP contribution >= 0.6 is 24.0 Å². The zero-order valence-corrected chi connectivity index (χ0v) is 12.4. The van der Waals surface area contributed by atoms with Gasteiger partial charge in [0.15, 0.2) is 5.96 Å². The number of likely N-dealkylation sites (tertiary alicyclic amines) is 1. The molecule has 1 aromatic rings. The molecule has 2 rings (SSSR count). The summed E-state index contributed by atoms with van der Waals surface area (Å²) in [6, 6.07) is 1.91. The number of rotatable bonds is 2. The number of H-pyrrole nitrogens is 1. The predicted octanol–water partition coefficient (Wildman–Crippen LogP) is 1.57. The van der Waals surface area contributed by atoms with E-state index in [1.54, 1.807) is 6.20 Å². The molecule has 0 atom stereocenters. The first-order valence-electron chi connectivity index (χ1n) is 5.79. The van der Waals surface area contributed by atoms with Crippen molar-refractivity contribution < 1.29 is 0 Å². The van der Waals surface area contributed by atoms with Crippen LogP contribution in [0.4, 0.5) is 0 Å². The van der Waals surface area contributed by atoms with Crippen molar-refractivity contribution in [3.63, 3.8) is 0 Å². The highest BCUT2D eigenvalue weighted by Crippen LogP contribution is 2.15. The summed E-state index contributed by atoms with van der Waals surface area (Å²) in [5.74, 6) is 1.47. The Morgan fingerprint density at radius 3 is 2.88 bits per heavy atom. The number of aromatic amines is 1. The van der Waals surface area contributed by atoms with Crippen molar-refractivity contribution in [2.45, 2.75) is 26.3 Å². The van der Waals surface area contributed by atoms with Crippen LogP contribution in [0.25, 0.3) is 0 Å². The number of guanidine groups is 1. The zero-order valence-electron chi connectivity index (χ0n) is 10.1. The van der Waals surface area contributed by atoms with Gasteiger partial charge in [-0.05, 0) is 24.8 Å². The van der Waals surface area contributed by atoms with Gasteiger partial charge in [0.1, 0.15) is 0 Å². The maximum atomic E-state index is 5.95. The molecule has 0 radical (unpaired) electrons. The van der Waals surface area contributed by atoms with Crippen LogP contribution in [0.15, 0.2) is 17.3 Å². The van der Waals surface area contributed by atoms with Gasteiger partial charge < -0.3 is 10.6 Å². The molecular weight excluding hydrogens is 329 g/mol. The highest BCUT2D eigenvalue weighted by Gasteiger charge is 2.16. The summed E-state index contributed by atoms with van der Waals surface area (Å²) in [5, 5.41) is 6.75. The second kappa shape index (κ2) is 6.83. The first-order valence-corrected chi connectivity index (χ1v) is 5.79. The minimum Gasteiger partial charge on any atom is -0.370 e. The monoisotopic (exact) mass is 349 g/mol. The molecule has 1 aliphatic heterocycles. The Balaban J connectivity index is 0.00000144. The van der Waals surface area contributed by atoms with Gasteiger partial charge in [0.05, 0.1) is 12.2 Å². The van der Waals surface area contributed by atoms with Crippen LogP contribution in [0.1, 0.15) is 25.5 Å². The third-order valence-electron chi connectivity index (χ3n) is 3.08. The smallest absolute Gasteiger partial charge is 0.191 e. The van der Waals surface area contributed by atoms with E-state index in [0.29, 0.717) is 12.5 Å². The van der Waals surface area contributed by atoms with Crippen LogP contribution in [0.3, 0.4) is 0 Å². The molecule has 2 heterocycles. The molecule has 0 bridgehead atoms. The van der Waals surface area contributed by atoms with Crippen molar-refractivity contribution >= 4 is 29.9 Å². The quantitative estimate of drug-likeness (QED) is 0.484. The third-order valence-corrected chi connectivity index (χ3v) is 3.08. The molecule has 0 unspecified atom stereocenters. The SMILES string of the molecule is CC1CCN(C(N)=NCc2ccn[nH]2)CC1.I. The summed E-state index contributed by atoms with van der Waals surface area (Å²) < 4.78 is 0. The van der Waals surface area contributed by atoms with Crippen LogP contribution in [-0.4, -0.2) is 34.1 Å². The fraction of sp³-hybridized carbons (Fsp3) is 0.636. The van der Waals surface area contributed by atoms with E-state index in [1.165, 1.54) is 12.8 Å². The highest BCUT2D eigenvalue weighted by molar-refractivity contribution is 14.0. The Kier molecular flexibility index (Phi) is 5.73. The standard InChI is InChI=1S/C11H19N5.HI/c1-9-3-6-16(7-4-9)11(12)13-8-10-2-5-14-15-10;/h2,5,9H,3-4,6-8H2,1H3,(H2,12,13)(H,14,15);1H. The summed E-state index contributed by atoms with van der Waals surface area (Å²) in [6.07, 6.45) is 4.14. The van der Waals surface area contributed by atoms with Crippen molar-refractivity contribution in [3.05, 3.63) is 18.0 Å². The number of piperidine rings is 1. The van der Waals surface area contributed by atoms with E-state index in [2.05, 4.69) is 27.0 Å². The Morgan fingerprint density at radius 1 is 1.59 bits per heavy atom. The van der Waals surface area contributed by atoms with E-state index in [1.807, 2.05) is 6.07 Å². The molecule has 6 heteroatoms. The first-order chi connectivity index (χ1) is 7.75. The summed E-state index contributed by atoms with van der Waals surface area (Å²) in [6.45, 7) is 4.92. The topological polar surface area (TPSA) is 70.3 Å². The Morgan fingerprint density at radius 2 is 2.29 bits per heavy atom. The molecule has 17 heavy (non-hydrogen) atoms. The lowest BCUT2D eigenvalue weighted by Gasteiger charge is -2.30. The second-order valence-electron chi connectivity index (χ2n) is 4.43. The molecule has 0 amide bonds. The Bertz CT molecular complexity index is 341. The van der Waals surface area contributed by atoms with Crippen molar-refractivity contribution in [2.24, 2.45) is 16.6 Å². The number of hydrogen-bond donors (Lipinski definition) is 2. The number of aliphatic imine (C=N–C) groups is 1. The molecule has 0 aromatic carbocycles. The number of nitrogens with zero attached hydrogens (tertiary/aromatic N) is 3. The van der Waals surface area contributed by atoms with Crippen molar-refractivity contribution in [1.82, 2.24) is 15.1 Å². The number of nitrogens with two attached hydrogens (primary N) is 1. The van der Waals surface area contributed by atoms with Gasteiger partial charge in [-0.3, -0.25) is 5.10 Å². The Hall–Kier alpha value is -0.790. The van der Waals surface area contributed by atoms with E-state index in [-0.39, 0.29) is 24.0 Å². The lowest BCUT2D eigenvalue weighted by atomic mass is 10.00. The van der Waals surface area contributed by atoms with Crippen LogP contribution in [0, 0.1) is 5.92 Å². The molecule has 96 valence electrons. The minimum absolute atomic E-state index is 0. The van der Waals surface area contributed by atoms with E-state index in [0.717, 1.165) is 24.7 Å². The van der Waals surface area contributed by atoms with Crippen LogP contribution in [-0.2, 0) is 6.54 Å². The van der Waals surface area contributed by atoms with Gasteiger partial charge in [0, 0.05) is 19.3 Å². The minimum atomic E-state index is 0. The molecule has 0 saturated carbocycles. The van der Waals surface area contributed by atoms with Crippen molar-refractivity contribution in [1.29, 1.82) is 0 Å². The van der Waals surface area contributed by atoms with E-state index in [9.17, 15) is 0 Å². The summed E-state index contributed by atoms with van der Waals surface area (Å²) in [4.78, 5) is 6.53. The normalized spacial score (nSPS) is 17.9. The number of nitrogens with one attached hydrogen (secondary N) is 1. The molecule has 1 aliphatic rings. The van der Waals surface area contributed by atoms with Crippen LogP contribution in [0.5, 0.6) is 0 Å². The highest BCUT2D eigenvalue weighted by atomic mass is 127. The molecule has 1 aromatic heterocycles. The first kappa shape index (κ1) is 14.3. The van der Waals surface area contributed by atoms with Gasteiger partial charge in [0.2, 0.25) is 0 Å². The lowest BCUT2D eigenvalue weighted by Crippen LogP contribution is -2.42. The predicted molar refractivity (Wildman–Crippen MR) is 79.3 cm³/mol. The zero-order chi connectivity index (χ0) is 11.4. The van der Waals surface area contributed by atoms with Crippen molar-refractivity contribution in [3.8, 4) is 0 Å². The molecular formula is C11H20IN5. The molecule has 5 nitrogen and oxygen atoms in total. The Labute approximate surface area is 119 Å². The fourth-order valence-electron chi connectivity index (χ4n) is 1.88. The number of aromatic nitrogens is 2. The lowest BCUT2D eigenvalue weighted by molar-refractivity contribution is 0.277. The van der Waals surface area contributed by atoms with E-state index < -0.39 is 0 Å². The maximum Gasteiger partial charge on any atom is 0.191 e.